The highest BCUT2D eigenvalue weighted by Gasteiger charge is 2.32. The van der Waals surface area contributed by atoms with Gasteiger partial charge in [0.25, 0.3) is 10.1 Å². The third-order valence-electron chi connectivity index (χ3n) is 2.91. The Morgan fingerprint density at radius 2 is 2.12 bits per heavy atom. The van der Waals surface area contributed by atoms with Gasteiger partial charge in [-0.05, 0) is 18.6 Å². The van der Waals surface area contributed by atoms with Gasteiger partial charge >= 0.3 is 0 Å². The van der Waals surface area contributed by atoms with Crippen LogP contribution in [0.1, 0.15) is 6.42 Å². The Morgan fingerprint density at radius 1 is 1.41 bits per heavy atom. The third-order valence-corrected chi connectivity index (χ3v) is 4.13. The second-order valence-electron chi connectivity index (χ2n) is 4.12. The Labute approximate surface area is 99.4 Å². The highest BCUT2D eigenvalue weighted by molar-refractivity contribution is 7.86. The van der Waals surface area contributed by atoms with E-state index in [1.165, 1.54) is 6.07 Å². The molecule has 94 valence electrons. The first-order valence-electron chi connectivity index (χ1n) is 5.17. The molecule has 0 radical (unpaired) electrons. The van der Waals surface area contributed by atoms with Crippen LogP contribution in [0.2, 0.25) is 0 Å². The van der Waals surface area contributed by atoms with E-state index < -0.39 is 15.4 Å². The maximum atomic E-state index is 11.0. The van der Waals surface area contributed by atoms with Crippen molar-refractivity contribution in [2.24, 2.45) is 0 Å². The van der Waals surface area contributed by atoms with Crippen molar-refractivity contribution in [3.05, 3.63) is 18.2 Å². The maximum absolute atomic E-state index is 11.0. The van der Waals surface area contributed by atoms with Gasteiger partial charge in [0, 0.05) is 24.8 Å². The molecule has 6 nitrogen and oxygen atoms in total. The summed E-state index contributed by atoms with van der Waals surface area (Å²) in [4.78, 5) is 1.72. The van der Waals surface area contributed by atoms with Gasteiger partial charge in [0.1, 0.15) is 11.0 Å². The number of hydrogen-bond acceptors (Lipinski definition) is 5. The van der Waals surface area contributed by atoms with Crippen molar-refractivity contribution in [3.63, 3.8) is 0 Å². The fourth-order valence-electron chi connectivity index (χ4n) is 2.00. The van der Waals surface area contributed by atoms with E-state index in [4.69, 9.17) is 10.3 Å². The highest BCUT2D eigenvalue weighted by atomic mass is 32.2. The lowest BCUT2D eigenvalue weighted by Gasteiger charge is -2.19. The summed E-state index contributed by atoms with van der Waals surface area (Å²) in [6, 6.07) is 4.68. The summed E-state index contributed by atoms with van der Waals surface area (Å²) in [5, 5.41) is 8.92. The fraction of sp³-hybridized carbons (Fsp3) is 0.400. The summed E-state index contributed by atoms with van der Waals surface area (Å²) in [7, 11) is -4.01. The number of phenols is 1. The first-order valence-corrected chi connectivity index (χ1v) is 6.68. The summed E-state index contributed by atoms with van der Waals surface area (Å²) in [5.74, 6) is 0.0148. The monoisotopic (exact) mass is 258 g/mol. The Hall–Kier alpha value is -1.47. The lowest BCUT2D eigenvalue weighted by Crippen LogP contribution is -2.26. The quantitative estimate of drug-likeness (QED) is 0.525. The zero-order valence-corrected chi connectivity index (χ0v) is 9.89. The molecule has 1 heterocycles. The van der Waals surface area contributed by atoms with E-state index in [1.54, 1.807) is 17.0 Å². The fourth-order valence-corrected chi connectivity index (χ4v) is 2.77. The van der Waals surface area contributed by atoms with Crippen LogP contribution in [0.4, 0.5) is 11.4 Å². The van der Waals surface area contributed by atoms with Gasteiger partial charge in [-0.15, -0.1) is 0 Å². The minimum atomic E-state index is -4.01. The Balaban J connectivity index is 2.21. The third kappa shape index (κ3) is 2.45. The lowest BCUT2D eigenvalue weighted by atomic mass is 10.2. The topological polar surface area (TPSA) is 104 Å². The molecule has 17 heavy (non-hydrogen) atoms. The van der Waals surface area contributed by atoms with Crippen molar-refractivity contribution in [1.82, 2.24) is 0 Å². The first kappa shape index (κ1) is 12.0. The lowest BCUT2D eigenvalue weighted by molar-refractivity contribution is 0.468. The predicted octanol–water partition coefficient (Wildman–Crippen LogP) is 0.441. The summed E-state index contributed by atoms with van der Waals surface area (Å²) < 4.78 is 31.0. The van der Waals surface area contributed by atoms with Gasteiger partial charge in [-0.3, -0.25) is 4.55 Å². The van der Waals surface area contributed by atoms with Gasteiger partial charge in [-0.2, -0.15) is 8.42 Å². The molecule has 1 aromatic rings. The Kier molecular flexibility index (Phi) is 2.88. The van der Waals surface area contributed by atoms with Crippen LogP contribution in [0.5, 0.6) is 5.75 Å². The van der Waals surface area contributed by atoms with Gasteiger partial charge in [-0.25, -0.2) is 0 Å². The van der Waals surface area contributed by atoms with Crippen molar-refractivity contribution < 1.29 is 18.1 Å². The molecule has 0 spiro atoms. The average Bonchev–Trinajstić information content (AvgIpc) is 2.65. The number of phenolic OH excluding ortho intramolecular Hbond substituents is 1. The van der Waals surface area contributed by atoms with Crippen LogP contribution in [0.3, 0.4) is 0 Å². The van der Waals surface area contributed by atoms with Gasteiger partial charge < -0.3 is 15.7 Å². The molecule has 0 aliphatic carbocycles. The number of nitrogen functional groups attached to an aromatic ring is 1. The second kappa shape index (κ2) is 4.08. The molecular weight excluding hydrogens is 244 g/mol. The van der Waals surface area contributed by atoms with Crippen LogP contribution < -0.4 is 10.6 Å². The molecule has 2 rings (SSSR count). The maximum Gasteiger partial charge on any atom is 0.269 e. The minimum absolute atomic E-state index is 0.0148. The molecule has 1 aromatic carbocycles. The molecule has 1 saturated heterocycles. The normalized spacial score (nSPS) is 20.8. The smallest absolute Gasteiger partial charge is 0.269 e. The summed E-state index contributed by atoms with van der Waals surface area (Å²) in [6.45, 7) is 0.651. The van der Waals surface area contributed by atoms with Gasteiger partial charge in [0.05, 0.1) is 5.69 Å². The van der Waals surface area contributed by atoms with E-state index in [-0.39, 0.29) is 12.3 Å². The number of benzene rings is 1. The molecule has 1 unspecified atom stereocenters. The van der Waals surface area contributed by atoms with Crippen molar-refractivity contribution >= 4 is 21.5 Å². The number of anilines is 2. The van der Waals surface area contributed by atoms with Crippen molar-refractivity contribution in [2.75, 3.05) is 23.7 Å². The van der Waals surface area contributed by atoms with Gasteiger partial charge in [0.15, 0.2) is 0 Å². The Bertz CT molecular complexity index is 529. The average molecular weight is 258 g/mol. The summed E-state index contributed by atoms with van der Waals surface area (Å²) in [5.41, 5.74) is 6.48. The molecular formula is C10H14N2O4S. The Morgan fingerprint density at radius 3 is 2.65 bits per heavy atom. The van der Waals surface area contributed by atoms with E-state index in [1.807, 2.05) is 0 Å². The van der Waals surface area contributed by atoms with E-state index in [9.17, 15) is 13.5 Å². The molecule has 0 amide bonds. The van der Waals surface area contributed by atoms with Crippen molar-refractivity contribution in [3.8, 4) is 5.75 Å². The van der Waals surface area contributed by atoms with Crippen LogP contribution >= 0.6 is 0 Å². The molecule has 0 saturated carbocycles. The van der Waals surface area contributed by atoms with E-state index in [0.29, 0.717) is 24.3 Å². The summed E-state index contributed by atoms with van der Waals surface area (Å²) >= 11 is 0. The molecule has 0 bridgehead atoms. The largest absolute Gasteiger partial charge is 0.506 e. The van der Waals surface area contributed by atoms with Crippen LogP contribution in [-0.2, 0) is 10.1 Å². The number of rotatable bonds is 2. The SMILES string of the molecule is Nc1ccc(N2CCC(S(=O)(=O)O)C2)c(O)c1. The molecule has 1 aliphatic heterocycles. The van der Waals surface area contributed by atoms with E-state index >= 15 is 0 Å². The zero-order valence-electron chi connectivity index (χ0n) is 9.07. The molecule has 1 atom stereocenters. The highest BCUT2D eigenvalue weighted by Crippen LogP contribution is 2.32. The van der Waals surface area contributed by atoms with Gasteiger partial charge in [0.2, 0.25) is 0 Å². The summed E-state index contributed by atoms with van der Waals surface area (Å²) in [6.07, 6.45) is 0.350. The van der Waals surface area contributed by atoms with E-state index in [2.05, 4.69) is 0 Å². The number of nitrogens with zero attached hydrogens (tertiary/aromatic N) is 1. The molecule has 1 aliphatic rings. The second-order valence-corrected chi connectivity index (χ2v) is 5.82. The number of nitrogens with two attached hydrogens (primary N) is 1. The van der Waals surface area contributed by atoms with Crippen LogP contribution in [0.25, 0.3) is 0 Å². The van der Waals surface area contributed by atoms with Crippen LogP contribution in [0, 0.1) is 0 Å². The van der Waals surface area contributed by atoms with Crippen LogP contribution in [0.15, 0.2) is 18.2 Å². The van der Waals surface area contributed by atoms with Crippen LogP contribution in [-0.4, -0.2) is 36.4 Å². The number of hydrogen-bond donors (Lipinski definition) is 3. The number of aromatic hydroxyl groups is 1. The molecule has 4 N–H and O–H groups in total. The predicted molar refractivity (Wildman–Crippen MR) is 64.7 cm³/mol. The first-order chi connectivity index (χ1) is 7.88. The molecule has 1 fully saturated rings. The minimum Gasteiger partial charge on any atom is -0.506 e. The van der Waals surface area contributed by atoms with Crippen molar-refractivity contribution in [1.29, 1.82) is 0 Å². The molecule has 0 aromatic heterocycles. The standard InChI is InChI=1S/C10H14N2O4S/c11-7-1-2-9(10(13)5-7)12-4-3-8(6-12)17(14,15)16/h1-2,5,8,13H,3-4,6,11H2,(H,14,15,16). The van der Waals surface area contributed by atoms with Gasteiger partial charge in [-0.1, -0.05) is 0 Å². The van der Waals surface area contributed by atoms with E-state index in [0.717, 1.165) is 0 Å². The molecule has 7 heteroatoms. The van der Waals surface area contributed by atoms with Crippen molar-refractivity contribution in [2.45, 2.75) is 11.7 Å². The zero-order chi connectivity index (χ0) is 12.6.